The molecule has 2 atom stereocenters. The van der Waals surface area contributed by atoms with Crippen LogP contribution < -0.4 is 20.1 Å². The highest BCUT2D eigenvalue weighted by atomic mass is 79.9. The number of para-hydroxylation sites is 2. The lowest BCUT2D eigenvalue weighted by Gasteiger charge is -2.30. The third-order valence-electron chi connectivity index (χ3n) is 6.46. The Morgan fingerprint density at radius 3 is 2.38 bits per heavy atom. The number of ketones is 1. The van der Waals surface area contributed by atoms with Crippen molar-refractivity contribution in [2.45, 2.75) is 24.8 Å². The number of ether oxygens (including phenoxy) is 2. The second-order valence-electron chi connectivity index (χ2n) is 8.46. The van der Waals surface area contributed by atoms with Crippen molar-refractivity contribution in [1.82, 2.24) is 0 Å². The Morgan fingerprint density at radius 1 is 0.912 bits per heavy atom. The van der Waals surface area contributed by atoms with Gasteiger partial charge < -0.3 is 20.1 Å². The average Bonchev–Trinajstić information content (AvgIpc) is 3.02. The zero-order chi connectivity index (χ0) is 23.8. The zero-order valence-corrected chi connectivity index (χ0v) is 20.4. The molecule has 34 heavy (non-hydrogen) atoms. The Morgan fingerprint density at radius 2 is 1.65 bits per heavy atom. The summed E-state index contributed by atoms with van der Waals surface area (Å²) in [4.78, 5) is 13.6. The van der Waals surface area contributed by atoms with Crippen molar-refractivity contribution in [3.63, 3.8) is 0 Å². The van der Waals surface area contributed by atoms with Gasteiger partial charge in [0.15, 0.2) is 17.3 Å². The molecule has 0 saturated heterocycles. The van der Waals surface area contributed by atoms with E-state index in [2.05, 4.69) is 26.6 Å². The van der Waals surface area contributed by atoms with Gasteiger partial charge in [0, 0.05) is 17.7 Å². The van der Waals surface area contributed by atoms with Gasteiger partial charge in [-0.25, -0.2) is 4.39 Å². The van der Waals surface area contributed by atoms with Gasteiger partial charge in [-0.1, -0.05) is 24.3 Å². The van der Waals surface area contributed by atoms with Gasteiger partial charge in [0.25, 0.3) is 0 Å². The standard InChI is InChI=1S/C27H24BrFN2O3/c1-33-24-10-8-15(14-25(24)34-2)17-12-22-26(23(32)13-17)27(16-7-9-19(29)18(28)11-16)31-21-6-4-3-5-20(21)30-22/h3-11,14,17,27,30-31H,12-13H2,1-2H3/t17-,27-/m0/s1. The first kappa shape index (κ1) is 22.5. The Kier molecular flexibility index (Phi) is 6.04. The van der Waals surface area contributed by atoms with Crippen molar-refractivity contribution < 1.29 is 18.7 Å². The molecule has 3 aromatic rings. The molecule has 1 heterocycles. The zero-order valence-electron chi connectivity index (χ0n) is 18.8. The summed E-state index contributed by atoms with van der Waals surface area (Å²) in [7, 11) is 3.21. The highest BCUT2D eigenvalue weighted by molar-refractivity contribution is 9.10. The van der Waals surface area contributed by atoms with Gasteiger partial charge in [0.1, 0.15) is 5.82 Å². The van der Waals surface area contributed by atoms with E-state index in [1.165, 1.54) is 6.07 Å². The normalized spacial score (nSPS) is 19.4. The van der Waals surface area contributed by atoms with Gasteiger partial charge in [-0.3, -0.25) is 4.79 Å². The van der Waals surface area contributed by atoms with Crippen LogP contribution in [0, 0.1) is 5.82 Å². The SMILES string of the molecule is COc1ccc([C@@H]2CC(=O)C3=C(C2)Nc2ccccc2N[C@H]3c2ccc(F)c(Br)c2)cc1OC. The van der Waals surface area contributed by atoms with E-state index in [4.69, 9.17) is 9.47 Å². The molecule has 0 bridgehead atoms. The van der Waals surface area contributed by atoms with Crippen LogP contribution in [0.3, 0.4) is 0 Å². The van der Waals surface area contributed by atoms with Gasteiger partial charge in [0.2, 0.25) is 0 Å². The quantitative estimate of drug-likeness (QED) is 0.405. The van der Waals surface area contributed by atoms with Crippen LogP contribution in [0.15, 0.2) is 76.4 Å². The van der Waals surface area contributed by atoms with Crippen molar-refractivity contribution in [2.24, 2.45) is 0 Å². The van der Waals surface area contributed by atoms with Crippen LogP contribution in [0.2, 0.25) is 0 Å². The first-order valence-corrected chi connectivity index (χ1v) is 11.8. The van der Waals surface area contributed by atoms with E-state index in [1.54, 1.807) is 26.4 Å². The van der Waals surface area contributed by atoms with Crippen LogP contribution in [-0.4, -0.2) is 20.0 Å². The summed E-state index contributed by atoms with van der Waals surface area (Å²) in [6.45, 7) is 0. The summed E-state index contributed by atoms with van der Waals surface area (Å²) in [5, 5.41) is 7.04. The summed E-state index contributed by atoms with van der Waals surface area (Å²) in [6, 6.07) is 18.2. The maximum atomic E-state index is 14.0. The summed E-state index contributed by atoms with van der Waals surface area (Å²) in [5.74, 6) is 1.00. The van der Waals surface area contributed by atoms with Gasteiger partial charge in [-0.05, 0) is 75.8 Å². The number of halogens is 2. The number of benzene rings is 3. The Bertz CT molecular complexity index is 1310. The highest BCUT2D eigenvalue weighted by Crippen LogP contribution is 2.45. The molecule has 0 saturated carbocycles. The van der Waals surface area contributed by atoms with Crippen LogP contribution in [0.1, 0.15) is 35.9 Å². The lowest BCUT2D eigenvalue weighted by molar-refractivity contribution is -0.116. The van der Waals surface area contributed by atoms with Gasteiger partial charge in [-0.2, -0.15) is 0 Å². The van der Waals surface area contributed by atoms with Gasteiger partial charge in [-0.15, -0.1) is 0 Å². The molecule has 0 aromatic heterocycles. The molecular weight excluding hydrogens is 499 g/mol. The van der Waals surface area contributed by atoms with Crippen molar-refractivity contribution >= 4 is 33.1 Å². The van der Waals surface area contributed by atoms with Crippen LogP contribution in [0.4, 0.5) is 15.8 Å². The van der Waals surface area contributed by atoms with E-state index in [-0.39, 0.29) is 17.5 Å². The number of Topliss-reactive ketones (excluding diaryl/α,β-unsaturated/α-hetero) is 1. The minimum Gasteiger partial charge on any atom is -0.493 e. The van der Waals surface area contributed by atoms with Crippen molar-refractivity contribution in [2.75, 3.05) is 24.9 Å². The largest absolute Gasteiger partial charge is 0.493 e. The fourth-order valence-electron chi connectivity index (χ4n) is 4.78. The Labute approximate surface area is 206 Å². The first-order chi connectivity index (χ1) is 16.5. The number of hydrogen-bond acceptors (Lipinski definition) is 5. The number of allylic oxidation sites excluding steroid dienone is 1. The molecule has 5 nitrogen and oxygen atoms in total. The number of carbonyl (C=O) groups excluding carboxylic acids is 1. The Hall–Kier alpha value is -3.32. The third-order valence-corrected chi connectivity index (χ3v) is 7.07. The topological polar surface area (TPSA) is 59.6 Å². The molecule has 0 fully saturated rings. The van der Waals surface area contributed by atoms with Crippen LogP contribution in [-0.2, 0) is 4.79 Å². The summed E-state index contributed by atoms with van der Waals surface area (Å²) < 4.78 is 25.2. The number of hydrogen-bond donors (Lipinski definition) is 2. The molecule has 2 N–H and O–H groups in total. The van der Waals surface area contributed by atoms with Gasteiger partial charge >= 0.3 is 0 Å². The van der Waals surface area contributed by atoms with Crippen molar-refractivity contribution in [1.29, 1.82) is 0 Å². The van der Waals surface area contributed by atoms with E-state index in [9.17, 15) is 9.18 Å². The Balaban J connectivity index is 1.59. The molecule has 0 spiro atoms. The van der Waals surface area contributed by atoms with E-state index in [0.29, 0.717) is 34.4 Å². The predicted molar refractivity (Wildman–Crippen MR) is 134 cm³/mol. The number of fused-ring (bicyclic) bond motifs is 1. The summed E-state index contributed by atoms with van der Waals surface area (Å²) in [6.07, 6.45) is 1.03. The molecule has 1 aliphatic carbocycles. The minimum atomic E-state index is -0.401. The average molecular weight is 523 g/mol. The van der Waals surface area contributed by atoms with Crippen LogP contribution in [0.5, 0.6) is 11.5 Å². The molecule has 5 rings (SSSR count). The molecule has 0 unspecified atom stereocenters. The number of rotatable bonds is 4. The monoisotopic (exact) mass is 522 g/mol. The lowest BCUT2D eigenvalue weighted by Crippen LogP contribution is -2.27. The van der Waals surface area contributed by atoms with Crippen molar-refractivity contribution in [3.05, 3.63) is 93.4 Å². The molecular formula is C27H24BrFN2O3. The molecule has 0 amide bonds. The number of nitrogens with one attached hydrogen (secondary N) is 2. The number of anilines is 2. The highest BCUT2D eigenvalue weighted by Gasteiger charge is 2.36. The van der Waals surface area contributed by atoms with Gasteiger partial charge in [0.05, 0.1) is 36.1 Å². The lowest BCUT2D eigenvalue weighted by atomic mass is 9.78. The molecule has 1 aliphatic heterocycles. The predicted octanol–water partition coefficient (Wildman–Crippen LogP) is 6.58. The fourth-order valence-corrected chi connectivity index (χ4v) is 5.17. The van der Waals surface area contributed by atoms with E-state index in [0.717, 1.165) is 28.2 Å². The summed E-state index contributed by atoms with van der Waals surface area (Å²) in [5.41, 5.74) is 5.19. The first-order valence-electron chi connectivity index (χ1n) is 11.0. The second kappa shape index (κ2) is 9.14. The van der Waals surface area contributed by atoms with E-state index < -0.39 is 6.04 Å². The number of methoxy groups -OCH3 is 2. The molecule has 0 radical (unpaired) electrons. The molecule has 7 heteroatoms. The smallest absolute Gasteiger partial charge is 0.163 e. The summed E-state index contributed by atoms with van der Waals surface area (Å²) >= 11 is 3.29. The molecule has 174 valence electrons. The number of carbonyl (C=O) groups is 1. The fraction of sp³-hybridized carbons (Fsp3) is 0.222. The second-order valence-corrected chi connectivity index (χ2v) is 9.31. The molecule has 3 aromatic carbocycles. The third kappa shape index (κ3) is 4.05. The van der Waals surface area contributed by atoms with Crippen LogP contribution >= 0.6 is 15.9 Å². The van der Waals surface area contributed by atoms with Crippen molar-refractivity contribution in [3.8, 4) is 11.5 Å². The maximum absolute atomic E-state index is 14.0. The van der Waals surface area contributed by atoms with Crippen LogP contribution in [0.25, 0.3) is 0 Å². The van der Waals surface area contributed by atoms with E-state index >= 15 is 0 Å². The molecule has 2 aliphatic rings. The van der Waals surface area contributed by atoms with E-state index in [1.807, 2.05) is 42.5 Å². The maximum Gasteiger partial charge on any atom is 0.163 e. The minimum absolute atomic E-state index is 0.00979.